The molecule has 0 spiro atoms. The Morgan fingerprint density at radius 2 is 1.86 bits per heavy atom. The van der Waals surface area contributed by atoms with Crippen LogP contribution >= 0.6 is 0 Å². The minimum absolute atomic E-state index is 0.277. The molecule has 0 saturated carbocycles. The van der Waals surface area contributed by atoms with Crippen LogP contribution in [0.4, 0.5) is 0 Å². The molecule has 0 fully saturated rings. The first-order valence-electron chi connectivity index (χ1n) is 8.32. The topological polar surface area (TPSA) is 35.5 Å². The fourth-order valence-electron chi connectivity index (χ4n) is 2.59. The van der Waals surface area contributed by atoms with Crippen LogP contribution in [0.25, 0.3) is 0 Å². The summed E-state index contributed by atoms with van der Waals surface area (Å²) in [6.07, 6.45) is 3.12. The van der Waals surface area contributed by atoms with Crippen LogP contribution < -0.4 is 5.32 Å². The van der Waals surface area contributed by atoms with Crippen molar-refractivity contribution in [2.24, 2.45) is 0 Å². The highest BCUT2D eigenvalue weighted by molar-refractivity contribution is 5.18. The molecule has 1 aromatic carbocycles. The van der Waals surface area contributed by atoms with Gasteiger partial charge in [-0.2, -0.15) is 0 Å². The van der Waals surface area contributed by atoms with E-state index in [0.717, 1.165) is 38.9 Å². The van der Waals surface area contributed by atoms with Crippen molar-refractivity contribution in [1.82, 2.24) is 10.2 Å². The molecule has 21 heavy (non-hydrogen) atoms. The first-order valence-corrected chi connectivity index (χ1v) is 8.32. The Kier molecular flexibility index (Phi) is 9.31. The predicted octanol–water partition coefficient (Wildman–Crippen LogP) is 3.21. The predicted molar refractivity (Wildman–Crippen MR) is 90.5 cm³/mol. The average molecular weight is 292 g/mol. The first kappa shape index (κ1) is 18.1. The highest BCUT2D eigenvalue weighted by Gasteiger charge is 2.14. The van der Waals surface area contributed by atoms with Crippen LogP contribution in [0.1, 0.15) is 51.6 Å². The molecule has 2 N–H and O–H groups in total. The Morgan fingerprint density at radius 1 is 1.14 bits per heavy atom. The van der Waals surface area contributed by atoms with Crippen LogP contribution in [0, 0.1) is 0 Å². The summed E-state index contributed by atoms with van der Waals surface area (Å²) in [4.78, 5) is 2.46. The summed E-state index contributed by atoms with van der Waals surface area (Å²) in [5.41, 5.74) is 1.37. The van der Waals surface area contributed by atoms with Crippen molar-refractivity contribution in [3.05, 3.63) is 35.9 Å². The van der Waals surface area contributed by atoms with Gasteiger partial charge in [-0.1, -0.05) is 37.3 Å². The minimum atomic E-state index is 0.277. The highest BCUT2D eigenvalue weighted by Crippen LogP contribution is 2.18. The van der Waals surface area contributed by atoms with Crippen LogP contribution in [-0.4, -0.2) is 42.3 Å². The third-order valence-corrected chi connectivity index (χ3v) is 3.88. The van der Waals surface area contributed by atoms with Gasteiger partial charge in [-0.3, -0.25) is 0 Å². The van der Waals surface area contributed by atoms with E-state index in [9.17, 15) is 0 Å². The Labute approximate surface area is 130 Å². The van der Waals surface area contributed by atoms with Gasteiger partial charge in [0.1, 0.15) is 0 Å². The van der Waals surface area contributed by atoms with Crippen molar-refractivity contribution in [1.29, 1.82) is 0 Å². The lowest BCUT2D eigenvalue weighted by Gasteiger charge is -2.29. The van der Waals surface area contributed by atoms with Gasteiger partial charge in [0.2, 0.25) is 0 Å². The second-order valence-electron chi connectivity index (χ2n) is 5.91. The molecular formula is C18H32N2O. The number of hydrogen-bond acceptors (Lipinski definition) is 3. The van der Waals surface area contributed by atoms with Crippen molar-refractivity contribution in [3.8, 4) is 0 Å². The van der Waals surface area contributed by atoms with Crippen molar-refractivity contribution in [3.63, 3.8) is 0 Å². The van der Waals surface area contributed by atoms with E-state index >= 15 is 0 Å². The van der Waals surface area contributed by atoms with E-state index in [2.05, 4.69) is 61.3 Å². The van der Waals surface area contributed by atoms with E-state index in [1.165, 1.54) is 5.56 Å². The fourth-order valence-corrected chi connectivity index (χ4v) is 2.59. The average Bonchev–Trinajstić information content (AvgIpc) is 2.50. The van der Waals surface area contributed by atoms with E-state index in [4.69, 9.17) is 5.11 Å². The van der Waals surface area contributed by atoms with Crippen molar-refractivity contribution in [2.45, 2.75) is 52.1 Å². The molecular weight excluding hydrogens is 260 g/mol. The monoisotopic (exact) mass is 292 g/mol. The van der Waals surface area contributed by atoms with E-state index in [-0.39, 0.29) is 6.61 Å². The molecule has 0 radical (unpaired) electrons. The molecule has 0 aromatic heterocycles. The third kappa shape index (κ3) is 7.07. The number of nitrogens with one attached hydrogen (secondary N) is 1. The number of rotatable bonds is 11. The summed E-state index contributed by atoms with van der Waals surface area (Å²) < 4.78 is 0. The Bertz CT molecular complexity index is 353. The van der Waals surface area contributed by atoms with E-state index in [1.807, 2.05) is 0 Å². The summed E-state index contributed by atoms with van der Waals surface area (Å²) >= 11 is 0. The highest BCUT2D eigenvalue weighted by atomic mass is 16.3. The SMILES string of the molecule is CCCNC(CCN(CCCO)C(C)C)c1ccccc1. The van der Waals surface area contributed by atoms with Gasteiger partial charge in [-0.05, 0) is 45.2 Å². The molecule has 1 atom stereocenters. The molecule has 0 saturated heterocycles. The zero-order valence-corrected chi connectivity index (χ0v) is 13.9. The first-order chi connectivity index (χ1) is 10.2. The quantitative estimate of drug-likeness (QED) is 0.657. The lowest BCUT2D eigenvalue weighted by Crippen LogP contribution is -2.35. The second-order valence-corrected chi connectivity index (χ2v) is 5.91. The lowest BCUT2D eigenvalue weighted by molar-refractivity contribution is 0.184. The zero-order valence-electron chi connectivity index (χ0n) is 13.9. The standard InChI is InChI=1S/C18H32N2O/c1-4-12-19-18(17-9-6-5-7-10-17)11-14-20(16(2)3)13-8-15-21/h5-7,9-10,16,18-19,21H,4,8,11-15H2,1-3H3. The van der Waals surface area contributed by atoms with Crippen LogP contribution in [-0.2, 0) is 0 Å². The van der Waals surface area contributed by atoms with Crippen LogP contribution in [0.2, 0.25) is 0 Å². The fraction of sp³-hybridized carbons (Fsp3) is 0.667. The van der Waals surface area contributed by atoms with Gasteiger partial charge in [-0.25, -0.2) is 0 Å². The minimum Gasteiger partial charge on any atom is -0.396 e. The summed E-state index contributed by atoms with van der Waals surface area (Å²) in [5, 5.41) is 12.7. The molecule has 0 amide bonds. The van der Waals surface area contributed by atoms with Crippen molar-refractivity contribution in [2.75, 3.05) is 26.2 Å². The second kappa shape index (κ2) is 10.8. The molecule has 1 unspecified atom stereocenters. The van der Waals surface area contributed by atoms with Gasteiger partial charge in [0.25, 0.3) is 0 Å². The molecule has 0 heterocycles. The van der Waals surface area contributed by atoms with Crippen LogP contribution in [0.5, 0.6) is 0 Å². The summed E-state index contributed by atoms with van der Waals surface area (Å²) in [6.45, 7) is 10.0. The molecule has 120 valence electrons. The van der Waals surface area contributed by atoms with E-state index in [0.29, 0.717) is 12.1 Å². The van der Waals surface area contributed by atoms with E-state index < -0.39 is 0 Å². The van der Waals surface area contributed by atoms with Crippen LogP contribution in [0.3, 0.4) is 0 Å². The number of benzene rings is 1. The van der Waals surface area contributed by atoms with Gasteiger partial charge in [-0.15, -0.1) is 0 Å². The maximum atomic E-state index is 9.03. The molecule has 1 aromatic rings. The number of nitrogens with zero attached hydrogens (tertiary/aromatic N) is 1. The van der Waals surface area contributed by atoms with Crippen LogP contribution in [0.15, 0.2) is 30.3 Å². The maximum Gasteiger partial charge on any atom is 0.0443 e. The Hall–Kier alpha value is -0.900. The summed E-state index contributed by atoms with van der Waals surface area (Å²) in [5.74, 6) is 0. The molecule has 3 nitrogen and oxygen atoms in total. The molecule has 1 rings (SSSR count). The molecule has 3 heteroatoms. The molecule has 0 aliphatic carbocycles. The van der Waals surface area contributed by atoms with Gasteiger partial charge in [0.15, 0.2) is 0 Å². The maximum absolute atomic E-state index is 9.03. The normalized spacial score (nSPS) is 13.0. The van der Waals surface area contributed by atoms with Gasteiger partial charge in [0.05, 0.1) is 0 Å². The van der Waals surface area contributed by atoms with Gasteiger partial charge >= 0.3 is 0 Å². The zero-order chi connectivity index (χ0) is 15.5. The summed E-state index contributed by atoms with van der Waals surface area (Å²) in [7, 11) is 0. The summed E-state index contributed by atoms with van der Waals surface area (Å²) in [6, 6.07) is 11.7. The van der Waals surface area contributed by atoms with E-state index in [1.54, 1.807) is 0 Å². The van der Waals surface area contributed by atoms with Crippen molar-refractivity contribution >= 4 is 0 Å². The number of aliphatic hydroxyl groups is 1. The smallest absolute Gasteiger partial charge is 0.0443 e. The number of aliphatic hydroxyl groups excluding tert-OH is 1. The lowest BCUT2D eigenvalue weighted by atomic mass is 10.0. The molecule has 0 bridgehead atoms. The Balaban J connectivity index is 2.59. The molecule has 0 aliphatic heterocycles. The Morgan fingerprint density at radius 3 is 2.43 bits per heavy atom. The van der Waals surface area contributed by atoms with Crippen molar-refractivity contribution < 1.29 is 5.11 Å². The largest absolute Gasteiger partial charge is 0.396 e. The number of hydrogen-bond donors (Lipinski definition) is 2. The van der Waals surface area contributed by atoms with Gasteiger partial charge in [0, 0.05) is 31.8 Å². The molecule has 0 aliphatic rings. The van der Waals surface area contributed by atoms with Gasteiger partial charge < -0.3 is 15.3 Å². The third-order valence-electron chi connectivity index (χ3n) is 3.88.